The molecule has 0 aliphatic heterocycles. The molecule has 0 fully saturated rings. The predicted octanol–water partition coefficient (Wildman–Crippen LogP) is 1.65. The molecular weight excluding hydrogens is 255 g/mol. The molecule has 3 nitrogen and oxygen atoms in total. The Labute approximate surface area is 106 Å². The van der Waals surface area contributed by atoms with E-state index in [0.29, 0.717) is 5.56 Å². The van der Waals surface area contributed by atoms with Crippen molar-refractivity contribution in [2.75, 3.05) is 0 Å². The van der Waals surface area contributed by atoms with Gasteiger partial charge in [0.05, 0.1) is 5.57 Å². The maximum absolute atomic E-state index is 13.0. The number of hydrogen-bond acceptors (Lipinski definition) is 2. The first-order valence-electron chi connectivity index (χ1n) is 4.90. The van der Waals surface area contributed by atoms with Gasteiger partial charge in [-0.05, 0) is 12.1 Å². The van der Waals surface area contributed by atoms with Gasteiger partial charge in [-0.2, -0.15) is 8.78 Å². The molecule has 1 aromatic carbocycles. The lowest BCUT2D eigenvalue weighted by Gasteiger charge is -2.12. The first-order valence-corrected chi connectivity index (χ1v) is 5.48. The fourth-order valence-electron chi connectivity index (χ4n) is 1.10. The standard InChI is InChI=1S/C12H12F2N3P/c13-12(14,18)10(15)9(11(16)17)7-6-8-4-2-1-3-5-8/h1-5H,15,18H2,(H3,16,17). The molecule has 0 spiro atoms. The van der Waals surface area contributed by atoms with Gasteiger partial charge < -0.3 is 11.5 Å². The van der Waals surface area contributed by atoms with E-state index in [0.717, 1.165) is 0 Å². The molecule has 0 heterocycles. The quantitative estimate of drug-likeness (QED) is 0.330. The second kappa shape index (κ2) is 5.61. The van der Waals surface area contributed by atoms with Gasteiger partial charge in [0.15, 0.2) is 0 Å². The van der Waals surface area contributed by atoms with E-state index >= 15 is 0 Å². The molecule has 0 amide bonds. The lowest BCUT2D eigenvalue weighted by Crippen LogP contribution is -2.25. The third kappa shape index (κ3) is 3.83. The summed E-state index contributed by atoms with van der Waals surface area (Å²) in [6.07, 6.45) is 0. The molecule has 0 aliphatic carbocycles. The molecule has 1 atom stereocenters. The lowest BCUT2D eigenvalue weighted by molar-refractivity contribution is 0.144. The Morgan fingerprint density at radius 1 is 1.22 bits per heavy atom. The number of hydrogen-bond donors (Lipinski definition) is 3. The molecule has 0 aromatic heterocycles. The number of benzene rings is 1. The third-order valence-corrected chi connectivity index (χ3v) is 2.31. The number of alkyl halides is 2. The number of halogens is 2. The summed E-state index contributed by atoms with van der Waals surface area (Å²) >= 11 is 0. The van der Waals surface area contributed by atoms with E-state index in [1.165, 1.54) is 9.24 Å². The highest BCUT2D eigenvalue weighted by molar-refractivity contribution is 7.18. The van der Waals surface area contributed by atoms with Crippen molar-refractivity contribution in [2.45, 2.75) is 5.66 Å². The lowest BCUT2D eigenvalue weighted by atomic mass is 10.1. The zero-order chi connectivity index (χ0) is 13.8. The summed E-state index contributed by atoms with van der Waals surface area (Å²) in [5.74, 6) is 4.45. The normalized spacial score (nSPS) is 12.2. The monoisotopic (exact) mass is 267 g/mol. The van der Waals surface area contributed by atoms with Gasteiger partial charge in [-0.1, -0.05) is 39.3 Å². The highest BCUT2D eigenvalue weighted by Crippen LogP contribution is 2.29. The van der Waals surface area contributed by atoms with Crippen LogP contribution in [-0.2, 0) is 0 Å². The number of nitrogens with two attached hydrogens (primary N) is 2. The summed E-state index contributed by atoms with van der Waals surface area (Å²) in [7, 11) is 1.29. The Kier molecular flexibility index (Phi) is 4.41. The van der Waals surface area contributed by atoms with Crippen molar-refractivity contribution in [1.82, 2.24) is 0 Å². The van der Waals surface area contributed by atoms with Crippen molar-refractivity contribution < 1.29 is 8.78 Å². The van der Waals surface area contributed by atoms with Crippen molar-refractivity contribution in [3.05, 3.63) is 47.2 Å². The molecule has 0 saturated carbocycles. The van der Waals surface area contributed by atoms with Crippen LogP contribution in [0.25, 0.3) is 0 Å². The van der Waals surface area contributed by atoms with Crippen molar-refractivity contribution in [3.63, 3.8) is 0 Å². The van der Waals surface area contributed by atoms with Crippen LogP contribution in [0.3, 0.4) is 0 Å². The van der Waals surface area contributed by atoms with Crippen molar-refractivity contribution >= 4 is 15.1 Å². The van der Waals surface area contributed by atoms with E-state index < -0.39 is 17.2 Å². The topological polar surface area (TPSA) is 75.9 Å². The number of allylic oxidation sites excluding steroid dienone is 1. The SMILES string of the molecule is N=C(N)C(C#Cc1ccccc1)=C(N)C(F)(F)P. The molecule has 1 aromatic rings. The van der Waals surface area contributed by atoms with Crippen LogP contribution in [0, 0.1) is 17.3 Å². The predicted molar refractivity (Wildman–Crippen MR) is 71.1 cm³/mol. The summed E-state index contributed by atoms with van der Waals surface area (Å²) in [5, 5.41) is 7.22. The maximum Gasteiger partial charge on any atom is 0.298 e. The summed E-state index contributed by atoms with van der Waals surface area (Å²) < 4.78 is 26.0. The minimum atomic E-state index is -3.34. The van der Waals surface area contributed by atoms with Crippen LogP contribution in [0.4, 0.5) is 8.78 Å². The molecule has 0 bridgehead atoms. The molecule has 6 heteroatoms. The molecule has 0 radical (unpaired) electrons. The minimum absolute atomic E-state index is 0.362. The van der Waals surface area contributed by atoms with E-state index in [1.54, 1.807) is 30.3 Å². The van der Waals surface area contributed by atoms with Gasteiger partial charge >= 0.3 is 0 Å². The van der Waals surface area contributed by atoms with Gasteiger partial charge in [0.25, 0.3) is 5.66 Å². The second-order valence-electron chi connectivity index (χ2n) is 3.44. The summed E-state index contributed by atoms with van der Waals surface area (Å²) in [6, 6.07) is 8.74. The molecule has 1 rings (SSSR count). The van der Waals surface area contributed by atoms with E-state index in [9.17, 15) is 8.78 Å². The Morgan fingerprint density at radius 2 is 1.78 bits per heavy atom. The van der Waals surface area contributed by atoms with Crippen molar-refractivity contribution in [3.8, 4) is 11.8 Å². The summed E-state index contributed by atoms with van der Waals surface area (Å²) in [4.78, 5) is 0. The highest BCUT2D eigenvalue weighted by atomic mass is 31.0. The first-order chi connectivity index (χ1) is 8.32. The molecular formula is C12H12F2N3P. The fourth-order valence-corrected chi connectivity index (χ4v) is 1.25. The summed E-state index contributed by atoms with van der Waals surface area (Å²) in [5.41, 5.74) is 6.53. The van der Waals surface area contributed by atoms with Crippen LogP contribution in [-0.4, -0.2) is 11.5 Å². The van der Waals surface area contributed by atoms with E-state index in [2.05, 4.69) is 11.8 Å². The van der Waals surface area contributed by atoms with Gasteiger partial charge in [0.1, 0.15) is 11.5 Å². The van der Waals surface area contributed by atoms with Crippen LogP contribution in [0.1, 0.15) is 5.56 Å². The number of amidine groups is 1. The second-order valence-corrected chi connectivity index (χ2v) is 4.17. The molecule has 94 valence electrons. The molecule has 5 N–H and O–H groups in total. The zero-order valence-corrected chi connectivity index (χ0v) is 10.5. The van der Waals surface area contributed by atoms with Gasteiger partial charge in [-0.3, -0.25) is 5.41 Å². The summed E-state index contributed by atoms with van der Waals surface area (Å²) in [6.45, 7) is 0. The Morgan fingerprint density at radius 3 is 2.22 bits per heavy atom. The van der Waals surface area contributed by atoms with Crippen LogP contribution in [0.5, 0.6) is 0 Å². The highest BCUT2D eigenvalue weighted by Gasteiger charge is 2.28. The number of rotatable bonds is 2. The van der Waals surface area contributed by atoms with E-state index in [-0.39, 0.29) is 5.57 Å². The average Bonchev–Trinajstić information content (AvgIpc) is 2.28. The molecule has 0 saturated heterocycles. The Balaban J connectivity index is 3.19. The zero-order valence-electron chi connectivity index (χ0n) is 9.37. The van der Waals surface area contributed by atoms with Gasteiger partial charge in [-0.25, -0.2) is 0 Å². The van der Waals surface area contributed by atoms with Crippen LogP contribution < -0.4 is 11.5 Å². The first kappa shape index (κ1) is 14.1. The van der Waals surface area contributed by atoms with E-state index in [1.807, 2.05) is 0 Å². The van der Waals surface area contributed by atoms with Gasteiger partial charge in [0.2, 0.25) is 0 Å². The largest absolute Gasteiger partial charge is 0.396 e. The van der Waals surface area contributed by atoms with Crippen LogP contribution >= 0.6 is 9.24 Å². The molecule has 0 aliphatic rings. The molecule has 1 unspecified atom stereocenters. The Hall–Kier alpha value is -1.92. The van der Waals surface area contributed by atoms with Crippen LogP contribution in [0.15, 0.2) is 41.6 Å². The maximum atomic E-state index is 13.0. The fraction of sp³-hybridized carbons (Fsp3) is 0.0833. The van der Waals surface area contributed by atoms with Crippen molar-refractivity contribution in [2.24, 2.45) is 11.5 Å². The van der Waals surface area contributed by atoms with Gasteiger partial charge in [-0.15, -0.1) is 0 Å². The van der Waals surface area contributed by atoms with Crippen molar-refractivity contribution in [1.29, 1.82) is 5.41 Å². The number of nitrogens with one attached hydrogen (secondary N) is 1. The Bertz CT molecular complexity index is 536. The van der Waals surface area contributed by atoms with Crippen LogP contribution in [0.2, 0.25) is 0 Å². The third-order valence-electron chi connectivity index (χ3n) is 2.00. The minimum Gasteiger partial charge on any atom is -0.396 e. The average molecular weight is 267 g/mol. The van der Waals surface area contributed by atoms with Gasteiger partial charge in [0, 0.05) is 5.56 Å². The molecule has 18 heavy (non-hydrogen) atoms. The van der Waals surface area contributed by atoms with E-state index in [4.69, 9.17) is 16.9 Å². The smallest absolute Gasteiger partial charge is 0.298 e.